The summed E-state index contributed by atoms with van der Waals surface area (Å²) in [5.41, 5.74) is 3.06. The van der Waals surface area contributed by atoms with Crippen molar-refractivity contribution in [2.75, 3.05) is 0 Å². The number of aryl methyl sites for hydroxylation is 2. The molecule has 0 bridgehead atoms. The van der Waals surface area contributed by atoms with Crippen molar-refractivity contribution in [3.63, 3.8) is 0 Å². The summed E-state index contributed by atoms with van der Waals surface area (Å²) in [6, 6.07) is 3.97. The molecule has 0 amide bonds. The number of nitrogens with zero attached hydrogens (tertiary/aromatic N) is 1. The molecule has 62 valence electrons. The van der Waals surface area contributed by atoms with Gasteiger partial charge in [-0.05, 0) is 26.0 Å². The molecule has 0 saturated carbocycles. The molecule has 12 heavy (non-hydrogen) atoms. The highest BCUT2D eigenvalue weighted by molar-refractivity contribution is 5.63. The molecule has 0 radical (unpaired) electrons. The van der Waals surface area contributed by atoms with Gasteiger partial charge in [0.15, 0.2) is 0 Å². The number of aromatic amines is 1. The fourth-order valence-corrected chi connectivity index (χ4v) is 1.35. The van der Waals surface area contributed by atoms with Crippen LogP contribution in [0.15, 0.2) is 22.9 Å². The summed E-state index contributed by atoms with van der Waals surface area (Å²) >= 11 is 0. The Hall–Kier alpha value is -1.51. The van der Waals surface area contributed by atoms with E-state index in [1.54, 1.807) is 0 Å². The minimum atomic E-state index is 0.856. The second-order valence-corrected chi connectivity index (χ2v) is 2.78. The first-order valence-corrected chi connectivity index (χ1v) is 3.85. The molecule has 0 aliphatic rings. The Morgan fingerprint density at radius 3 is 2.75 bits per heavy atom. The Bertz CT molecular complexity index is 354. The zero-order chi connectivity index (χ0) is 8.55. The Morgan fingerprint density at radius 2 is 2.25 bits per heavy atom. The van der Waals surface area contributed by atoms with Gasteiger partial charge in [-0.1, -0.05) is 5.16 Å². The number of hydrogen-bond donors (Lipinski definition) is 1. The standard InChI is InChI=1S/C9H10N2O/c1-6-9(7(2)12-11-6)8-4-3-5-10-8/h3-5,10H,1-2H3. The van der Waals surface area contributed by atoms with Crippen molar-refractivity contribution in [2.45, 2.75) is 13.8 Å². The maximum Gasteiger partial charge on any atom is 0.143 e. The molecule has 3 heteroatoms. The van der Waals surface area contributed by atoms with Crippen molar-refractivity contribution in [1.82, 2.24) is 10.1 Å². The van der Waals surface area contributed by atoms with Crippen LogP contribution >= 0.6 is 0 Å². The maximum absolute atomic E-state index is 5.05. The maximum atomic E-state index is 5.05. The van der Waals surface area contributed by atoms with Crippen LogP contribution in [-0.2, 0) is 0 Å². The Labute approximate surface area is 70.4 Å². The molecule has 0 saturated heterocycles. The third kappa shape index (κ3) is 0.942. The van der Waals surface area contributed by atoms with Crippen molar-refractivity contribution in [3.8, 4) is 11.3 Å². The van der Waals surface area contributed by atoms with Gasteiger partial charge in [-0.3, -0.25) is 0 Å². The second-order valence-electron chi connectivity index (χ2n) is 2.78. The summed E-state index contributed by atoms with van der Waals surface area (Å²) < 4.78 is 5.05. The van der Waals surface area contributed by atoms with E-state index in [-0.39, 0.29) is 0 Å². The van der Waals surface area contributed by atoms with Gasteiger partial charge < -0.3 is 9.51 Å². The molecule has 2 aromatic heterocycles. The lowest BCUT2D eigenvalue weighted by molar-refractivity contribution is 0.393. The first kappa shape index (κ1) is 7.16. The van der Waals surface area contributed by atoms with Crippen LogP contribution in [0.1, 0.15) is 11.5 Å². The van der Waals surface area contributed by atoms with E-state index in [1.807, 2.05) is 32.2 Å². The average Bonchev–Trinajstić information content (AvgIpc) is 2.61. The highest BCUT2D eigenvalue weighted by Crippen LogP contribution is 2.24. The molecule has 0 spiro atoms. The number of hydrogen-bond acceptors (Lipinski definition) is 2. The molecule has 2 heterocycles. The van der Waals surface area contributed by atoms with Crippen molar-refractivity contribution in [3.05, 3.63) is 29.8 Å². The van der Waals surface area contributed by atoms with E-state index in [0.29, 0.717) is 0 Å². The fourth-order valence-electron chi connectivity index (χ4n) is 1.35. The van der Waals surface area contributed by atoms with Crippen molar-refractivity contribution in [2.24, 2.45) is 0 Å². The van der Waals surface area contributed by atoms with Crippen LogP contribution in [0.3, 0.4) is 0 Å². The minimum Gasteiger partial charge on any atom is -0.361 e. The summed E-state index contributed by atoms with van der Waals surface area (Å²) in [5.74, 6) is 0.856. The van der Waals surface area contributed by atoms with E-state index in [2.05, 4.69) is 10.1 Å². The predicted octanol–water partition coefficient (Wildman–Crippen LogP) is 2.29. The highest BCUT2D eigenvalue weighted by Gasteiger charge is 2.10. The second kappa shape index (κ2) is 2.52. The summed E-state index contributed by atoms with van der Waals surface area (Å²) in [5, 5.41) is 3.88. The summed E-state index contributed by atoms with van der Waals surface area (Å²) in [4.78, 5) is 3.12. The SMILES string of the molecule is Cc1noc(C)c1-c1ccc[nH]1. The first-order chi connectivity index (χ1) is 5.79. The van der Waals surface area contributed by atoms with Crippen molar-refractivity contribution < 1.29 is 4.52 Å². The van der Waals surface area contributed by atoms with Crippen LogP contribution < -0.4 is 0 Å². The summed E-state index contributed by atoms with van der Waals surface area (Å²) in [6.07, 6.45) is 1.89. The largest absolute Gasteiger partial charge is 0.361 e. The van der Waals surface area contributed by atoms with Gasteiger partial charge in [0.2, 0.25) is 0 Å². The lowest BCUT2D eigenvalue weighted by atomic mass is 10.1. The topological polar surface area (TPSA) is 41.8 Å². The predicted molar refractivity (Wildman–Crippen MR) is 45.8 cm³/mol. The molecule has 0 aliphatic carbocycles. The Kier molecular flexibility index (Phi) is 1.50. The number of nitrogens with one attached hydrogen (secondary N) is 1. The van der Waals surface area contributed by atoms with E-state index < -0.39 is 0 Å². The molecule has 0 aromatic carbocycles. The Balaban J connectivity index is 2.60. The molecule has 0 atom stereocenters. The number of rotatable bonds is 1. The highest BCUT2D eigenvalue weighted by atomic mass is 16.5. The normalized spacial score (nSPS) is 10.5. The fraction of sp³-hybridized carbons (Fsp3) is 0.222. The summed E-state index contributed by atoms with van der Waals surface area (Å²) in [6.45, 7) is 3.85. The van der Waals surface area contributed by atoms with E-state index >= 15 is 0 Å². The van der Waals surface area contributed by atoms with Crippen LogP contribution in [0.25, 0.3) is 11.3 Å². The molecule has 0 unspecified atom stereocenters. The van der Waals surface area contributed by atoms with Crippen LogP contribution in [0.5, 0.6) is 0 Å². The van der Waals surface area contributed by atoms with Gasteiger partial charge >= 0.3 is 0 Å². The van der Waals surface area contributed by atoms with E-state index in [1.165, 1.54) is 0 Å². The molecule has 3 nitrogen and oxygen atoms in total. The van der Waals surface area contributed by atoms with Gasteiger partial charge in [-0.25, -0.2) is 0 Å². The van der Waals surface area contributed by atoms with E-state index in [9.17, 15) is 0 Å². The molecule has 0 aliphatic heterocycles. The lowest BCUT2D eigenvalue weighted by Gasteiger charge is -1.93. The van der Waals surface area contributed by atoms with Crippen LogP contribution in [0, 0.1) is 13.8 Å². The smallest absolute Gasteiger partial charge is 0.143 e. The number of aromatic nitrogens is 2. The van der Waals surface area contributed by atoms with Crippen molar-refractivity contribution in [1.29, 1.82) is 0 Å². The molecule has 2 aromatic rings. The van der Waals surface area contributed by atoms with E-state index in [4.69, 9.17) is 4.52 Å². The third-order valence-corrected chi connectivity index (χ3v) is 1.90. The quantitative estimate of drug-likeness (QED) is 0.699. The lowest BCUT2D eigenvalue weighted by Crippen LogP contribution is -1.80. The minimum absolute atomic E-state index is 0.856. The Morgan fingerprint density at radius 1 is 1.42 bits per heavy atom. The van der Waals surface area contributed by atoms with Gasteiger partial charge in [-0.15, -0.1) is 0 Å². The third-order valence-electron chi connectivity index (χ3n) is 1.90. The number of H-pyrrole nitrogens is 1. The molecule has 0 fully saturated rings. The molecule has 1 N–H and O–H groups in total. The first-order valence-electron chi connectivity index (χ1n) is 3.85. The zero-order valence-corrected chi connectivity index (χ0v) is 7.09. The van der Waals surface area contributed by atoms with Crippen LogP contribution in [0.2, 0.25) is 0 Å². The van der Waals surface area contributed by atoms with Gasteiger partial charge in [0.05, 0.1) is 17.0 Å². The molecule has 2 rings (SSSR count). The van der Waals surface area contributed by atoms with Gasteiger partial charge in [0.25, 0.3) is 0 Å². The van der Waals surface area contributed by atoms with Crippen molar-refractivity contribution >= 4 is 0 Å². The van der Waals surface area contributed by atoms with Gasteiger partial charge in [0, 0.05) is 6.20 Å². The van der Waals surface area contributed by atoms with Crippen LogP contribution in [0.4, 0.5) is 0 Å². The monoisotopic (exact) mass is 162 g/mol. The van der Waals surface area contributed by atoms with E-state index in [0.717, 1.165) is 22.7 Å². The van der Waals surface area contributed by atoms with Gasteiger partial charge in [0.1, 0.15) is 5.76 Å². The zero-order valence-electron chi connectivity index (χ0n) is 7.09. The molecular formula is C9H10N2O. The molecular weight excluding hydrogens is 152 g/mol. The van der Waals surface area contributed by atoms with Gasteiger partial charge in [-0.2, -0.15) is 0 Å². The van der Waals surface area contributed by atoms with Crippen LogP contribution in [-0.4, -0.2) is 10.1 Å². The average molecular weight is 162 g/mol. The summed E-state index contributed by atoms with van der Waals surface area (Å²) in [7, 11) is 0.